The molecule has 2 N–H and O–H groups in total. The number of amides is 1. The van der Waals surface area contributed by atoms with Gasteiger partial charge in [-0.3, -0.25) is 9.79 Å². The molecule has 1 aromatic carbocycles. The first-order chi connectivity index (χ1) is 14.2. The van der Waals surface area contributed by atoms with Crippen LogP contribution in [0.2, 0.25) is 0 Å². The standard InChI is InChI=1S/C21H30N4O4/c1-22-21(23-9-11-27-17-6-7-18-19(12-17)29-14-28-18)24-16-8-10-25(13-16)20(26)15-4-2-3-5-15/h6-7,12,15-16H,2-5,8-11,13-14H2,1H3,(H2,22,23,24). The van der Waals surface area contributed by atoms with Gasteiger partial charge < -0.3 is 29.7 Å². The number of hydrogen-bond acceptors (Lipinski definition) is 5. The van der Waals surface area contributed by atoms with Gasteiger partial charge in [0.2, 0.25) is 12.7 Å². The fourth-order valence-electron chi connectivity index (χ4n) is 4.20. The molecule has 1 unspecified atom stereocenters. The van der Waals surface area contributed by atoms with Gasteiger partial charge in [0.05, 0.1) is 6.54 Å². The van der Waals surface area contributed by atoms with Crippen LogP contribution >= 0.6 is 0 Å². The van der Waals surface area contributed by atoms with Crippen molar-refractivity contribution in [3.8, 4) is 17.2 Å². The predicted octanol–water partition coefficient (Wildman–Crippen LogP) is 1.75. The molecule has 2 heterocycles. The molecule has 29 heavy (non-hydrogen) atoms. The summed E-state index contributed by atoms with van der Waals surface area (Å²) in [4.78, 5) is 18.9. The van der Waals surface area contributed by atoms with E-state index in [4.69, 9.17) is 14.2 Å². The molecular formula is C21H30N4O4. The number of nitrogens with one attached hydrogen (secondary N) is 2. The Bertz CT molecular complexity index is 748. The minimum atomic E-state index is 0.237. The van der Waals surface area contributed by atoms with Crippen molar-refractivity contribution in [1.82, 2.24) is 15.5 Å². The second-order valence-corrected chi connectivity index (χ2v) is 7.76. The monoisotopic (exact) mass is 402 g/mol. The summed E-state index contributed by atoms with van der Waals surface area (Å²) in [6.07, 6.45) is 5.44. The van der Waals surface area contributed by atoms with Gasteiger partial charge in [-0.25, -0.2) is 0 Å². The normalized spacial score (nSPS) is 21.5. The highest BCUT2D eigenvalue weighted by Crippen LogP contribution is 2.35. The molecule has 1 aromatic rings. The predicted molar refractivity (Wildman–Crippen MR) is 110 cm³/mol. The summed E-state index contributed by atoms with van der Waals surface area (Å²) < 4.78 is 16.4. The number of nitrogens with zero attached hydrogens (tertiary/aromatic N) is 2. The second-order valence-electron chi connectivity index (χ2n) is 7.76. The third-order valence-corrected chi connectivity index (χ3v) is 5.78. The number of fused-ring (bicyclic) bond motifs is 1. The van der Waals surface area contributed by atoms with Crippen molar-refractivity contribution in [3.05, 3.63) is 18.2 Å². The molecule has 2 aliphatic heterocycles. The van der Waals surface area contributed by atoms with Crippen LogP contribution in [0.3, 0.4) is 0 Å². The van der Waals surface area contributed by atoms with Crippen molar-refractivity contribution in [2.75, 3.05) is 40.1 Å². The van der Waals surface area contributed by atoms with E-state index in [1.807, 2.05) is 23.1 Å². The van der Waals surface area contributed by atoms with E-state index in [9.17, 15) is 4.79 Å². The van der Waals surface area contributed by atoms with Gasteiger partial charge in [-0.2, -0.15) is 0 Å². The van der Waals surface area contributed by atoms with E-state index in [-0.39, 0.29) is 18.8 Å². The molecule has 8 nitrogen and oxygen atoms in total. The first-order valence-electron chi connectivity index (χ1n) is 10.5. The van der Waals surface area contributed by atoms with Crippen LogP contribution in [0.5, 0.6) is 17.2 Å². The molecule has 1 aliphatic carbocycles. The first-order valence-corrected chi connectivity index (χ1v) is 10.5. The summed E-state index contributed by atoms with van der Waals surface area (Å²) in [5, 5.41) is 6.70. The van der Waals surface area contributed by atoms with Gasteiger partial charge in [0.1, 0.15) is 12.4 Å². The Morgan fingerprint density at radius 1 is 1.24 bits per heavy atom. The van der Waals surface area contributed by atoms with Gasteiger partial charge in [0, 0.05) is 38.2 Å². The van der Waals surface area contributed by atoms with Crippen molar-refractivity contribution in [2.24, 2.45) is 10.9 Å². The fraction of sp³-hybridized carbons (Fsp3) is 0.619. The highest BCUT2D eigenvalue weighted by molar-refractivity contribution is 5.81. The van der Waals surface area contributed by atoms with Crippen LogP contribution in [0.15, 0.2) is 23.2 Å². The van der Waals surface area contributed by atoms with E-state index in [2.05, 4.69) is 15.6 Å². The number of aliphatic imine (C=N–C) groups is 1. The smallest absolute Gasteiger partial charge is 0.231 e. The molecule has 0 radical (unpaired) electrons. The van der Waals surface area contributed by atoms with Crippen LogP contribution in [0.4, 0.5) is 0 Å². The maximum Gasteiger partial charge on any atom is 0.231 e. The minimum absolute atomic E-state index is 0.237. The zero-order valence-corrected chi connectivity index (χ0v) is 17.0. The number of hydrogen-bond donors (Lipinski definition) is 2. The topological polar surface area (TPSA) is 84.4 Å². The number of ether oxygens (including phenoxy) is 3. The SMILES string of the molecule is CN=C(NCCOc1ccc2c(c1)OCO2)NC1CCN(C(=O)C2CCCC2)C1. The molecule has 1 saturated carbocycles. The van der Waals surface area contributed by atoms with Crippen LogP contribution in [-0.4, -0.2) is 62.9 Å². The molecule has 2 fully saturated rings. The molecular weight excluding hydrogens is 372 g/mol. The number of carbonyl (C=O) groups is 1. The van der Waals surface area contributed by atoms with Gasteiger partial charge in [0.15, 0.2) is 17.5 Å². The Morgan fingerprint density at radius 3 is 2.90 bits per heavy atom. The number of guanidine groups is 1. The van der Waals surface area contributed by atoms with Gasteiger partial charge in [-0.15, -0.1) is 0 Å². The zero-order chi connectivity index (χ0) is 20.1. The van der Waals surface area contributed by atoms with Gasteiger partial charge in [0.25, 0.3) is 0 Å². The number of carbonyl (C=O) groups excluding carboxylic acids is 1. The Balaban J connectivity index is 1.17. The quantitative estimate of drug-likeness (QED) is 0.429. The molecule has 0 aromatic heterocycles. The first kappa shape index (κ1) is 19.7. The van der Waals surface area contributed by atoms with Crippen molar-refractivity contribution < 1.29 is 19.0 Å². The fourth-order valence-corrected chi connectivity index (χ4v) is 4.20. The molecule has 4 rings (SSSR count). The van der Waals surface area contributed by atoms with E-state index in [0.717, 1.165) is 49.8 Å². The van der Waals surface area contributed by atoms with Gasteiger partial charge >= 0.3 is 0 Å². The Labute approximate surface area is 171 Å². The van der Waals surface area contributed by atoms with E-state index >= 15 is 0 Å². The van der Waals surface area contributed by atoms with Crippen molar-refractivity contribution in [1.29, 1.82) is 0 Å². The van der Waals surface area contributed by atoms with Crippen LogP contribution in [-0.2, 0) is 4.79 Å². The second kappa shape index (κ2) is 9.24. The Morgan fingerprint density at radius 2 is 2.07 bits per heavy atom. The van der Waals surface area contributed by atoms with Crippen molar-refractivity contribution in [2.45, 2.75) is 38.1 Å². The number of benzene rings is 1. The summed E-state index contributed by atoms with van der Waals surface area (Å²) in [7, 11) is 1.75. The van der Waals surface area contributed by atoms with Crippen LogP contribution < -0.4 is 24.8 Å². The van der Waals surface area contributed by atoms with E-state index in [1.54, 1.807) is 7.05 Å². The maximum absolute atomic E-state index is 12.6. The van der Waals surface area contributed by atoms with Crippen LogP contribution in [0.25, 0.3) is 0 Å². The lowest BCUT2D eigenvalue weighted by Crippen LogP contribution is -2.46. The maximum atomic E-state index is 12.6. The lowest BCUT2D eigenvalue weighted by atomic mass is 10.1. The average molecular weight is 402 g/mol. The highest BCUT2D eigenvalue weighted by atomic mass is 16.7. The highest BCUT2D eigenvalue weighted by Gasteiger charge is 2.32. The minimum Gasteiger partial charge on any atom is -0.492 e. The molecule has 1 atom stereocenters. The average Bonchev–Trinajstić information content (AvgIpc) is 3.50. The lowest BCUT2D eigenvalue weighted by molar-refractivity contribution is -0.134. The van der Waals surface area contributed by atoms with Gasteiger partial charge in [-0.05, 0) is 31.4 Å². The van der Waals surface area contributed by atoms with Crippen LogP contribution in [0.1, 0.15) is 32.1 Å². The van der Waals surface area contributed by atoms with E-state index in [0.29, 0.717) is 24.8 Å². The van der Waals surface area contributed by atoms with Gasteiger partial charge in [-0.1, -0.05) is 12.8 Å². The Kier molecular flexibility index (Phi) is 6.27. The number of likely N-dealkylation sites (tertiary alicyclic amines) is 1. The molecule has 1 amide bonds. The molecule has 8 heteroatoms. The van der Waals surface area contributed by atoms with E-state index < -0.39 is 0 Å². The largest absolute Gasteiger partial charge is 0.492 e. The Hall–Kier alpha value is -2.64. The zero-order valence-electron chi connectivity index (χ0n) is 17.0. The molecule has 158 valence electrons. The summed E-state index contributed by atoms with van der Waals surface area (Å²) in [6, 6.07) is 5.80. The van der Waals surface area contributed by atoms with Crippen molar-refractivity contribution in [3.63, 3.8) is 0 Å². The number of rotatable bonds is 6. The summed E-state index contributed by atoms with van der Waals surface area (Å²) in [5.74, 6) is 3.53. The molecule has 0 bridgehead atoms. The van der Waals surface area contributed by atoms with E-state index in [1.165, 1.54) is 12.8 Å². The summed E-state index contributed by atoms with van der Waals surface area (Å²) in [5.41, 5.74) is 0. The summed E-state index contributed by atoms with van der Waals surface area (Å²) in [6.45, 7) is 2.96. The molecule has 1 saturated heterocycles. The third-order valence-electron chi connectivity index (χ3n) is 5.78. The third kappa shape index (κ3) is 4.86. The summed E-state index contributed by atoms with van der Waals surface area (Å²) >= 11 is 0. The van der Waals surface area contributed by atoms with Crippen molar-refractivity contribution >= 4 is 11.9 Å². The van der Waals surface area contributed by atoms with Crippen LogP contribution in [0, 0.1) is 5.92 Å². The molecule has 0 spiro atoms. The lowest BCUT2D eigenvalue weighted by Gasteiger charge is -2.21. The molecule has 3 aliphatic rings.